The van der Waals surface area contributed by atoms with E-state index < -0.39 is 6.10 Å². The van der Waals surface area contributed by atoms with E-state index in [-0.39, 0.29) is 0 Å². The fourth-order valence-electron chi connectivity index (χ4n) is 2.36. The van der Waals surface area contributed by atoms with E-state index in [1.165, 1.54) is 5.56 Å². The molecule has 114 valence electrons. The summed E-state index contributed by atoms with van der Waals surface area (Å²) in [6.07, 6.45) is 2.75. The Balaban J connectivity index is 1.70. The number of furan rings is 1. The number of aromatic nitrogens is 1. The van der Waals surface area contributed by atoms with Crippen LogP contribution in [0.5, 0.6) is 0 Å². The molecule has 0 aliphatic carbocycles. The summed E-state index contributed by atoms with van der Waals surface area (Å²) in [5.41, 5.74) is 1.21. The van der Waals surface area contributed by atoms with E-state index in [0.29, 0.717) is 18.8 Å². The zero-order chi connectivity index (χ0) is 15.2. The smallest absolute Gasteiger partial charge is 0.133 e. The van der Waals surface area contributed by atoms with E-state index in [9.17, 15) is 5.11 Å². The van der Waals surface area contributed by atoms with Gasteiger partial charge in [0.25, 0.3) is 0 Å². The quantitative estimate of drug-likeness (QED) is 0.725. The molecule has 2 aromatic heterocycles. The van der Waals surface area contributed by atoms with Crippen molar-refractivity contribution in [3.05, 3.63) is 76.6 Å². The first-order chi connectivity index (χ1) is 10.8. The van der Waals surface area contributed by atoms with Crippen LogP contribution in [-0.2, 0) is 13.1 Å². The molecule has 1 atom stereocenters. The molecule has 0 aliphatic rings. The van der Waals surface area contributed by atoms with Gasteiger partial charge in [0.1, 0.15) is 16.9 Å². The monoisotopic (exact) mass is 314 g/mol. The maximum absolute atomic E-state index is 10.3. The highest BCUT2D eigenvalue weighted by Crippen LogP contribution is 2.18. The minimum absolute atomic E-state index is 0.502. The van der Waals surface area contributed by atoms with Gasteiger partial charge in [-0.05, 0) is 17.7 Å². The summed E-state index contributed by atoms with van der Waals surface area (Å²) in [5.74, 6) is 0.595. The van der Waals surface area contributed by atoms with Gasteiger partial charge in [0, 0.05) is 24.7 Å². The van der Waals surface area contributed by atoms with Crippen LogP contribution in [-0.4, -0.2) is 21.5 Å². The Morgan fingerprint density at radius 2 is 2.00 bits per heavy atom. The van der Waals surface area contributed by atoms with E-state index in [4.69, 9.17) is 4.42 Å². The average molecular weight is 314 g/mol. The molecule has 0 spiro atoms. The zero-order valence-corrected chi connectivity index (χ0v) is 12.9. The third-order valence-corrected chi connectivity index (χ3v) is 4.16. The van der Waals surface area contributed by atoms with Gasteiger partial charge >= 0.3 is 0 Å². The Kier molecular flexibility index (Phi) is 5.00. The molecule has 1 unspecified atom stereocenters. The molecule has 3 rings (SSSR count). The molecule has 0 amide bonds. The van der Waals surface area contributed by atoms with Crippen molar-refractivity contribution in [2.75, 3.05) is 6.54 Å². The first kappa shape index (κ1) is 15.0. The lowest BCUT2D eigenvalue weighted by Gasteiger charge is -2.23. The van der Waals surface area contributed by atoms with Crippen LogP contribution >= 0.6 is 11.3 Å². The summed E-state index contributed by atoms with van der Waals surface area (Å²) in [6, 6.07) is 13.8. The molecular weight excluding hydrogens is 296 g/mol. The summed E-state index contributed by atoms with van der Waals surface area (Å²) >= 11 is 1.63. The summed E-state index contributed by atoms with van der Waals surface area (Å²) in [5, 5.41) is 13.3. The molecule has 4 nitrogen and oxygen atoms in total. The zero-order valence-electron chi connectivity index (χ0n) is 12.1. The fourth-order valence-corrected chi connectivity index (χ4v) is 3.02. The highest BCUT2D eigenvalue weighted by molar-refractivity contribution is 7.09. The number of hydrogen-bond acceptors (Lipinski definition) is 5. The van der Waals surface area contributed by atoms with Crippen LogP contribution in [0.3, 0.4) is 0 Å². The average Bonchev–Trinajstić information content (AvgIpc) is 3.21. The second kappa shape index (κ2) is 7.35. The van der Waals surface area contributed by atoms with Gasteiger partial charge in [-0.2, -0.15) is 0 Å². The Bertz CT molecular complexity index is 653. The molecule has 1 N–H and O–H groups in total. The molecule has 22 heavy (non-hydrogen) atoms. The molecule has 3 aromatic rings. The highest BCUT2D eigenvalue weighted by Gasteiger charge is 2.17. The summed E-state index contributed by atoms with van der Waals surface area (Å²) in [4.78, 5) is 6.52. The highest BCUT2D eigenvalue weighted by atomic mass is 32.1. The standard InChI is InChI=1S/C17H18N2O2S/c20-15(16-7-4-9-21-16)12-19(13-17-18-8-10-22-17)11-14-5-2-1-3-6-14/h1-10,15,20H,11-13H2. The minimum atomic E-state index is -0.640. The van der Waals surface area contributed by atoms with Gasteiger partial charge in [-0.3, -0.25) is 4.90 Å². The van der Waals surface area contributed by atoms with Gasteiger partial charge in [-0.1, -0.05) is 30.3 Å². The van der Waals surface area contributed by atoms with E-state index >= 15 is 0 Å². The van der Waals surface area contributed by atoms with E-state index in [1.54, 1.807) is 29.7 Å². The predicted octanol–water partition coefficient (Wildman–Crippen LogP) is 3.47. The maximum atomic E-state index is 10.3. The maximum Gasteiger partial charge on any atom is 0.133 e. The van der Waals surface area contributed by atoms with Crippen molar-refractivity contribution in [1.29, 1.82) is 0 Å². The van der Waals surface area contributed by atoms with Crippen molar-refractivity contribution in [2.45, 2.75) is 19.2 Å². The topological polar surface area (TPSA) is 49.5 Å². The van der Waals surface area contributed by atoms with Gasteiger partial charge in [0.15, 0.2) is 0 Å². The van der Waals surface area contributed by atoms with Crippen molar-refractivity contribution in [3.63, 3.8) is 0 Å². The Labute approximate surface area is 133 Å². The molecule has 2 heterocycles. The molecule has 0 bridgehead atoms. The van der Waals surface area contributed by atoms with Crippen molar-refractivity contribution in [1.82, 2.24) is 9.88 Å². The summed E-state index contributed by atoms with van der Waals surface area (Å²) in [7, 11) is 0. The van der Waals surface area contributed by atoms with E-state index in [1.807, 2.05) is 29.8 Å². The summed E-state index contributed by atoms with van der Waals surface area (Å²) in [6.45, 7) is 1.98. The number of thiazole rings is 1. The number of aliphatic hydroxyl groups is 1. The van der Waals surface area contributed by atoms with E-state index in [2.05, 4.69) is 22.0 Å². The lowest BCUT2D eigenvalue weighted by Crippen LogP contribution is -2.27. The van der Waals surface area contributed by atoms with Gasteiger partial charge in [0.05, 0.1) is 12.8 Å². The number of nitrogens with zero attached hydrogens (tertiary/aromatic N) is 2. The van der Waals surface area contributed by atoms with Crippen LogP contribution in [0, 0.1) is 0 Å². The van der Waals surface area contributed by atoms with Gasteiger partial charge in [-0.15, -0.1) is 11.3 Å². The normalized spacial score (nSPS) is 12.6. The van der Waals surface area contributed by atoms with Crippen LogP contribution in [0.1, 0.15) is 22.4 Å². The van der Waals surface area contributed by atoms with Crippen LogP contribution < -0.4 is 0 Å². The van der Waals surface area contributed by atoms with Crippen molar-refractivity contribution in [2.24, 2.45) is 0 Å². The molecule has 0 radical (unpaired) electrons. The first-order valence-corrected chi connectivity index (χ1v) is 8.05. The SMILES string of the molecule is OC(CN(Cc1ccccc1)Cc1nccs1)c1ccco1. The fraction of sp³-hybridized carbons (Fsp3) is 0.235. The Morgan fingerprint density at radius 1 is 1.14 bits per heavy atom. The lowest BCUT2D eigenvalue weighted by atomic mass is 10.2. The Hall–Kier alpha value is -1.95. The number of benzene rings is 1. The minimum Gasteiger partial charge on any atom is -0.467 e. The first-order valence-electron chi connectivity index (χ1n) is 7.17. The van der Waals surface area contributed by atoms with Gasteiger partial charge < -0.3 is 9.52 Å². The predicted molar refractivity (Wildman–Crippen MR) is 86.3 cm³/mol. The molecule has 0 saturated heterocycles. The van der Waals surface area contributed by atoms with E-state index in [0.717, 1.165) is 11.6 Å². The third kappa shape index (κ3) is 4.04. The second-order valence-electron chi connectivity index (χ2n) is 5.11. The molecule has 5 heteroatoms. The van der Waals surface area contributed by atoms with Crippen molar-refractivity contribution < 1.29 is 9.52 Å². The molecule has 0 saturated carbocycles. The molecule has 1 aromatic carbocycles. The van der Waals surface area contributed by atoms with Crippen LogP contribution in [0.4, 0.5) is 0 Å². The van der Waals surface area contributed by atoms with Crippen molar-refractivity contribution in [3.8, 4) is 0 Å². The van der Waals surface area contributed by atoms with Crippen molar-refractivity contribution >= 4 is 11.3 Å². The summed E-state index contributed by atoms with van der Waals surface area (Å²) < 4.78 is 5.29. The largest absolute Gasteiger partial charge is 0.467 e. The second-order valence-corrected chi connectivity index (χ2v) is 6.09. The Morgan fingerprint density at radius 3 is 2.68 bits per heavy atom. The lowest BCUT2D eigenvalue weighted by molar-refractivity contribution is 0.0872. The molecular formula is C17H18N2O2S. The number of hydrogen-bond donors (Lipinski definition) is 1. The molecule has 0 fully saturated rings. The number of rotatable bonds is 7. The van der Waals surface area contributed by atoms with Crippen LogP contribution in [0.15, 0.2) is 64.7 Å². The number of aliphatic hydroxyl groups excluding tert-OH is 1. The third-order valence-electron chi connectivity index (χ3n) is 3.39. The van der Waals surface area contributed by atoms with Crippen LogP contribution in [0.25, 0.3) is 0 Å². The molecule has 0 aliphatic heterocycles. The van der Waals surface area contributed by atoms with Gasteiger partial charge in [-0.25, -0.2) is 4.98 Å². The van der Waals surface area contributed by atoms with Gasteiger partial charge in [0.2, 0.25) is 0 Å². The van der Waals surface area contributed by atoms with Crippen LogP contribution in [0.2, 0.25) is 0 Å².